The minimum atomic E-state index is -0.442. The quantitative estimate of drug-likeness (QED) is 0.308. The molecule has 0 unspecified atom stereocenters. The normalized spacial score (nSPS) is 11.7. The van der Waals surface area contributed by atoms with Crippen molar-refractivity contribution in [1.82, 2.24) is 20.1 Å². The molecule has 0 aliphatic carbocycles. The molecular formula is C26H31N5O4S. The highest BCUT2D eigenvalue weighted by molar-refractivity contribution is 7.99. The highest BCUT2D eigenvalue weighted by Gasteiger charge is 2.20. The van der Waals surface area contributed by atoms with Crippen molar-refractivity contribution in [3.63, 3.8) is 0 Å². The molecule has 10 heteroatoms. The van der Waals surface area contributed by atoms with Crippen molar-refractivity contribution in [2.24, 2.45) is 0 Å². The fraction of sp³-hybridized carbons (Fsp3) is 0.346. The lowest BCUT2D eigenvalue weighted by Gasteiger charge is -2.15. The zero-order valence-corrected chi connectivity index (χ0v) is 21.9. The first-order valence-electron chi connectivity index (χ1n) is 11.7. The van der Waals surface area contributed by atoms with Crippen LogP contribution in [0.4, 0.5) is 5.69 Å². The van der Waals surface area contributed by atoms with Crippen LogP contribution in [-0.4, -0.2) is 44.4 Å². The minimum absolute atomic E-state index is 0.100. The maximum absolute atomic E-state index is 12.6. The molecule has 1 atom stereocenters. The van der Waals surface area contributed by atoms with E-state index in [-0.39, 0.29) is 29.7 Å². The molecule has 0 bridgehead atoms. The number of esters is 1. The lowest BCUT2D eigenvalue weighted by Crippen LogP contribution is -2.28. The Morgan fingerprint density at radius 1 is 1.03 bits per heavy atom. The minimum Gasteiger partial charge on any atom is -0.459 e. The van der Waals surface area contributed by atoms with Crippen LogP contribution in [-0.2, 0) is 16.1 Å². The second kappa shape index (κ2) is 12.3. The van der Waals surface area contributed by atoms with Crippen LogP contribution >= 0.6 is 11.8 Å². The molecule has 0 saturated carbocycles. The Bertz CT molecular complexity index is 1240. The molecular weight excluding hydrogens is 478 g/mol. The van der Waals surface area contributed by atoms with Crippen molar-refractivity contribution in [2.75, 3.05) is 11.1 Å². The van der Waals surface area contributed by atoms with Crippen molar-refractivity contribution in [3.05, 3.63) is 71.0 Å². The van der Waals surface area contributed by atoms with Crippen LogP contribution in [0.15, 0.2) is 53.7 Å². The summed E-state index contributed by atoms with van der Waals surface area (Å²) < 4.78 is 7.08. The van der Waals surface area contributed by atoms with E-state index in [4.69, 9.17) is 4.74 Å². The van der Waals surface area contributed by atoms with Crippen LogP contribution in [0.25, 0.3) is 0 Å². The molecule has 0 aliphatic heterocycles. The van der Waals surface area contributed by atoms with Gasteiger partial charge in [-0.15, -0.1) is 10.2 Å². The van der Waals surface area contributed by atoms with Gasteiger partial charge < -0.3 is 19.9 Å². The van der Waals surface area contributed by atoms with Crippen LogP contribution in [0.5, 0.6) is 0 Å². The molecule has 3 rings (SSSR count). The van der Waals surface area contributed by atoms with Gasteiger partial charge in [0, 0.05) is 17.8 Å². The molecule has 9 nitrogen and oxygen atoms in total. The van der Waals surface area contributed by atoms with Crippen LogP contribution in [0.2, 0.25) is 0 Å². The smallest absolute Gasteiger partial charge is 0.338 e. The number of carbonyl (C=O) groups excluding carboxylic acids is 3. The Kier molecular flexibility index (Phi) is 9.24. The second-order valence-electron chi connectivity index (χ2n) is 8.52. The number of carbonyl (C=O) groups is 3. The van der Waals surface area contributed by atoms with Crippen LogP contribution in [0, 0.1) is 6.92 Å². The van der Waals surface area contributed by atoms with E-state index in [2.05, 4.69) is 20.8 Å². The van der Waals surface area contributed by atoms with Gasteiger partial charge in [-0.1, -0.05) is 35.5 Å². The summed E-state index contributed by atoms with van der Waals surface area (Å²) in [4.78, 5) is 37.3. The van der Waals surface area contributed by atoms with Gasteiger partial charge in [0.15, 0.2) is 11.0 Å². The number of hydrogen-bond donors (Lipinski definition) is 2. The number of anilines is 1. The third-order valence-corrected chi connectivity index (χ3v) is 6.10. The standard InChI is InChI=1S/C26H31N5O4S/c1-6-31-23(18(5)27-24(33)19-10-7-9-17(4)13-19)29-30-26(31)36-15-22(32)28-21-12-8-11-20(14-21)25(34)35-16(2)3/h7-14,16,18H,6,15H2,1-5H3,(H,27,33)(H,28,32)/t18-/m0/s1. The summed E-state index contributed by atoms with van der Waals surface area (Å²) in [7, 11) is 0. The number of nitrogens with zero attached hydrogens (tertiary/aromatic N) is 3. The van der Waals surface area contributed by atoms with Crippen LogP contribution in [0.3, 0.4) is 0 Å². The van der Waals surface area contributed by atoms with E-state index in [1.807, 2.05) is 43.5 Å². The molecule has 1 aromatic heterocycles. The van der Waals surface area contributed by atoms with Gasteiger partial charge in [0.2, 0.25) is 5.91 Å². The van der Waals surface area contributed by atoms with E-state index >= 15 is 0 Å². The molecule has 0 radical (unpaired) electrons. The lowest BCUT2D eigenvalue weighted by atomic mass is 10.1. The fourth-order valence-corrected chi connectivity index (χ4v) is 4.30. The van der Waals surface area contributed by atoms with E-state index in [1.165, 1.54) is 11.8 Å². The molecule has 36 heavy (non-hydrogen) atoms. The number of aryl methyl sites for hydroxylation is 1. The molecule has 2 amide bonds. The molecule has 0 saturated heterocycles. The number of hydrogen-bond acceptors (Lipinski definition) is 7. The average molecular weight is 510 g/mol. The lowest BCUT2D eigenvalue weighted by molar-refractivity contribution is -0.113. The van der Waals surface area contributed by atoms with E-state index in [0.29, 0.717) is 34.3 Å². The summed E-state index contributed by atoms with van der Waals surface area (Å²) in [5, 5.41) is 14.8. The zero-order chi connectivity index (χ0) is 26.2. The highest BCUT2D eigenvalue weighted by atomic mass is 32.2. The maximum atomic E-state index is 12.6. The predicted molar refractivity (Wildman–Crippen MR) is 139 cm³/mol. The first-order valence-corrected chi connectivity index (χ1v) is 12.7. The Balaban J connectivity index is 1.60. The number of amides is 2. The third-order valence-electron chi connectivity index (χ3n) is 5.13. The molecule has 0 spiro atoms. The molecule has 1 heterocycles. The molecule has 2 aromatic carbocycles. The topological polar surface area (TPSA) is 115 Å². The van der Waals surface area contributed by atoms with E-state index in [1.54, 1.807) is 44.2 Å². The summed E-state index contributed by atoms with van der Waals surface area (Å²) in [5.41, 5.74) is 2.46. The summed E-state index contributed by atoms with van der Waals surface area (Å²) in [6.45, 7) is 9.87. The predicted octanol–water partition coefficient (Wildman–Crippen LogP) is 4.39. The number of thioether (sulfide) groups is 1. The molecule has 2 N–H and O–H groups in total. The van der Waals surface area contributed by atoms with Crippen LogP contribution in [0.1, 0.15) is 65.8 Å². The molecule has 0 fully saturated rings. The Labute approximate surface area is 215 Å². The first kappa shape index (κ1) is 26.9. The molecule has 3 aromatic rings. The monoisotopic (exact) mass is 509 g/mol. The van der Waals surface area contributed by atoms with Gasteiger partial charge in [0.25, 0.3) is 5.91 Å². The molecule has 0 aliphatic rings. The van der Waals surface area contributed by atoms with Gasteiger partial charge in [-0.05, 0) is 65.0 Å². The van der Waals surface area contributed by atoms with Gasteiger partial charge in [0.05, 0.1) is 23.5 Å². The summed E-state index contributed by atoms with van der Waals surface area (Å²) in [5.74, 6) is -0.171. The zero-order valence-electron chi connectivity index (χ0n) is 21.1. The Morgan fingerprint density at radius 3 is 2.44 bits per heavy atom. The maximum Gasteiger partial charge on any atom is 0.338 e. The fourth-order valence-electron chi connectivity index (χ4n) is 3.49. The number of benzene rings is 2. The SMILES string of the molecule is CCn1c(SCC(=O)Nc2cccc(C(=O)OC(C)C)c2)nnc1[C@H](C)NC(=O)c1cccc(C)c1. The Morgan fingerprint density at radius 2 is 1.75 bits per heavy atom. The van der Waals surface area contributed by atoms with Gasteiger partial charge in [-0.3, -0.25) is 9.59 Å². The largest absolute Gasteiger partial charge is 0.459 e. The Hall–Kier alpha value is -3.66. The number of nitrogens with one attached hydrogen (secondary N) is 2. The summed E-state index contributed by atoms with van der Waals surface area (Å²) in [6.07, 6.45) is -0.230. The van der Waals surface area contributed by atoms with Crippen molar-refractivity contribution < 1.29 is 19.1 Å². The third kappa shape index (κ3) is 7.17. The van der Waals surface area contributed by atoms with E-state index in [9.17, 15) is 14.4 Å². The average Bonchev–Trinajstić information content (AvgIpc) is 3.25. The summed E-state index contributed by atoms with van der Waals surface area (Å²) in [6, 6.07) is 13.6. The number of rotatable bonds is 10. The van der Waals surface area contributed by atoms with Gasteiger partial charge >= 0.3 is 5.97 Å². The number of aromatic nitrogens is 3. The van der Waals surface area contributed by atoms with Crippen molar-refractivity contribution in [3.8, 4) is 0 Å². The van der Waals surface area contributed by atoms with Gasteiger partial charge in [0.1, 0.15) is 0 Å². The van der Waals surface area contributed by atoms with Crippen molar-refractivity contribution in [2.45, 2.75) is 58.5 Å². The van der Waals surface area contributed by atoms with Crippen molar-refractivity contribution in [1.29, 1.82) is 0 Å². The number of ether oxygens (including phenoxy) is 1. The van der Waals surface area contributed by atoms with E-state index in [0.717, 1.165) is 5.56 Å². The molecule has 190 valence electrons. The second-order valence-corrected chi connectivity index (χ2v) is 9.46. The first-order chi connectivity index (χ1) is 17.2. The van der Waals surface area contributed by atoms with Crippen molar-refractivity contribution >= 4 is 35.2 Å². The van der Waals surface area contributed by atoms with Gasteiger partial charge in [-0.25, -0.2) is 4.79 Å². The highest BCUT2D eigenvalue weighted by Crippen LogP contribution is 2.22. The van der Waals surface area contributed by atoms with Gasteiger partial charge in [-0.2, -0.15) is 0 Å². The van der Waals surface area contributed by atoms with Crippen LogP contribution < -0.4 is 10.6 Å². The summed E-state index contributed by atoms with van der Waals surface area (Å²) >= 11 is 1.25. The van der Waals surface area contributed by atoms with E-state index < -0.39 is 5.97 Å².